The number of esters is 1. The van der Waals surface area contributed by atoms with Gasteiger partial charge >= 0.3 is 12.0 Å². The first-order valence-electron chi connectivity index (χ1n) is 11.2. The Kier molecular flexibility index (Phi) is 7.63. The molecule has 1 unspecified atom stereocenters. The third-order valence-corrected chi connectivity index (χ3v) is 5.37. The van der Waals surface area contributed by atoms with E-state index in [0.717, 1.165) is 5.56 Å². The van der Waals surface area contributed by atoms with E-state index in [0.29, 0.717) is 37.7 Å². The van der Waals surface area contributed by atoms with Gasteiger partial charge in [0.2, 0.25) is 0 Å². The van der Waals surface area contributed by atoms with Crippen molar-refractivity contribution < 1.29 is 19.1 Å². The molecular weight excluding hydrogens is 422 g/mol. The van der Waals surface area contributed by atoms with Gasteiger partial charge in [-0.15, -0.1) is 0 Å². The molecule has 1 aliphatic heterocycles. The van der Waals surface area contributed by atoms with Crippen LogP contribution in [0.3, 0.4) is 0 Å². The van der Waals surface area contributed by atoms with Gasteiger partial charge in [0.1, 0.15) is 11.3 Å². The number of aryl methyl sites for hydroxylation is 1. The second-order valence-corrected chi connectivity index (χ2v) is 8.31. The van der Waals surface area contributed by atoms with Crippen molar-refractivity contribution >= 4 is 17.9 Å². The summed E-state index contributed by atoms with van der Waals surface area (Å²) in [6, 6.07) is 8.97. The van der Waals surface area contributed by atoms with Crippen molar-refractivity contribution in [3.05, 3.63) is 47.3 Å². The Bertz CT molecular complexity index is 1030. The van der Waals surface area contributed by atoms with Crippen LogP contribution in [0.15, 0.2) is 30.3 Å². The van der Waals surface area contributed by atoms with Gasteiger partial charge in [-0.05, 0) is 34.6 Å². The van der Waals surface area contributed by atoms with Gasteiger partial charge in [-0.2, -0.15) is 0 Å². The number of carbonyl (C=O) groups excluding carboxylic acids is 3. The zero-order chi connectivity index (χ0) is 24.1. The highest BCUT2D eigenvalue weighted by Gasteiger charge is 2.34. The lowest BCUT2D eigenvalue weighted by molar-refractivity contribution is 0.0367. The Morgan fingerprint density at radius 2 is 1.85 bits per heavy atom. The minimum absolute atomic E-state index is 0.0191. The predicted octanol–water partition coefficient (Wildman–Crippen LogP) is 2.89. The van der Waals surface area contributed by atoms with Gasteiger partial charge in [-0.3, -0.25) is 4.79 Å². The SMILES string of the molecule is CCNC(=O)N1CCN(C(=O)c2nc(-c3ccccc3)nc(C)c2C(=O)OC(C)C)CC1C. The molecule has 0 bridgehead atoms. The molecule has 9 nitrogen and oxygen atoms in total. The molecule has 3 rings (SSSR count). The fourth-order valence-corrected chi connectivity index (χ4v) is 3.81. The van der Waals surface area contributed by atoms with Crippen molar-refractivity contribution in [2.75, 3.05) is 26.2 Å². The lowest BCUT2D eigenvalue weighted by Gasteiger charge is -2.39. The van der Waals surface area contributed by atoms with Crippen LogP contribution >= 0.6 is 0 Å². The number of amides is 3. The molecule has 9 heteroatoms. The van der Waals surface area contributed by atoms with Gasteiger partial charge in [-0.25, -0.2) is 19.6 Å². The second-order valence-electron chi connectivity index (χ2n) is 8.31. The molecule has 2 heterocycles. The number of hydrogen-bond acceptors (Lipinski definition) is 6. The lowest BCUT2D eigenvalue weighted by Crippen LogP contribution is -2.57. The van der Waals surface area contributed by atoms with E-state index in [1.54, 1.807) is 30.6 Å². The zero-order valence-corrected chi connectivity index (χ0v) is 19.8. The van der Waals surface area contributed by atoms with Crippen molar-refractivity contribution in [3.63, 3.8) is 0 Å². The molecular formula is C24H31N5O4. The van der Waals surface area contributed by atoms with E-state index in [2.05, 4.69) is 15.3 Å². The quantitative estimate of drug-likeness (QED) is 0.698. The lowest BCUT2D eigenvalue weighted by atomic mass is 10.1. The maximum absolute atomic E-state index is 13.6. The Balaban J connectivity index is 1.97. The van der Waals surface area contributed by atoms with E-state index < -0.39 is 5.97 Å². The van der Waals surface area contributed by atoms with Gasteiger partial charge in [0.25, 0.3) is 5.91 Å². The van der Waals surface area contributed by atoms with Gasteiger partial charge in [-0.1, -0.05) is 30.3 Å². The largest absolute Gasteiger partial charge is 0.459 e. The fourth-order valence-electron chi connectivity index (χ4n) is 3.81. The van der Waals surface area contributed by atoms with Crippen molar-refractivity contribution in [3.8, 4) is 11.4 Å². The number of aromatic nitrogens is 2. The van der Waals surface area contributed by atoms with E-state index in [4.69, 9.17) is 4.74 Å². The number of ether oxygens (including phenoxy) is 1. The summed E-state index contributed by atoms with van der Waals surface area (Å²) < 4.78 is 5.39. The molecule has 2 aromatic rings. The Morgan fingerprint density at radius 3 is 2.45 bits per heavy atom. The Morgan fingerprint density at radius 1 is 1.15 bits per heavy atom. The molecule has 33 heavy (non-hydrogen) atoms. The first-order valence-corrected chi connectivity index (χ1v) is 11.2. The highest BCUT2D eigenvalue weighted by atomic mass is 16.5. The molecule has 0 radical (unpaired) electrons. The van der Waals surface area contributed by atoms with Crippen LogP contribution in [-0.2, 0) is 4.74 Å². The van der Waals surface area contributed by atoms with Crippen LogP contribution in [0.25, 0.3) is 11.4 Å². The van der Waals surface area contributed by atoms with Crippen LogP contribution in [0.4, 0.5) is 4.79 Å². The van der Waals surface area contributed by atoms with E-state index in [1.807, 2.05) is 44.2 Å². The summed E-state index contributed by atoms with van der Waals surface area (Å²) in [7, 11) is 0. The summed E-state index contributed by atoms with van der Waals surface area (Å²) in [4.78, 5) is 51.1. The zero-order valence-electron chi connectivity index (χ0n) is 19.8. The van der Waals surface area contributed by atoms with E-state index in [-0.39, 0.29) is 35.3 Å². The van der Waals surface area contributed by atoms with Crippen LogP contribution in [-0.4, -0.2) is 76.0 Å². The number of urea groups is 1. The summed E-state index contributed by atoms with van der Waals surface area (Å²) in [5.74, 6) is -0.637. The number of rotatable bonds is 5. The third kappa shape index (κ3) is 5.47. The maximum atomic E-state index is 13.6. The highest BCUT2D eigenvalue weighted by Crippen LogP contribution is 2.23. The van der Waals surface area contributed by atoms with E-state index in [1.165, 1.54) is 0 Å². The number of nitrogens with one attached hydrogen (secondary N) is 1. The molecule has 1 N–H and O–H groups in total. The molecule has 1 aromatic carbocycles. The highest BCUT2D eigenvalue weighted by molar-refractivity contribution is 6.05. The van der Waals surface area contributed by atoms with Crippen LogP contribution in [0, 0.1) is 6.92 Å². The third-order valence-electron chi connectivity index (χ3n) is 5.37. The molecule has 0 aliphatic carbocycles. The van der Waals surface area contributed by atoms with Gasteiger partial charge in [0.15, 0.2) is 5.82 Å². The normalized spacial score (nSPS) is 16.0. The smallest absolute Gasteiger partial charge is 0.342 e. The van der Waals surface area contributed by atoms with Crippen LogP contribution in [0.2, 0.25) is 0 Å². The maximum Gasteiger partial charge on any atom is 0.342 e. The van der Waals surface area contributed by atoms with Crippen molar-refractivity contribution in [1.29, 1.82) is 0 Å². The predicted molar refractivity (Wildman–Crippen MR) is 124 cm³/mol. The monoisotopic (exact) mass is 453 g/mol. The van der Waals surface area contributed by atoms with Crippen molar-refractivity contribution in [2.45, 2.75) is 46.8 Å². The van der Waals surface area contributed by atoms with Gasteiger partial charge < -0.3 is 19.9 Å². The minimum Gasteiger partial charge on any atom is -0.459 e. The van der Waals surface area contributed by atoms with Crippen LogP contribution in [0.5, 0.6) is 0 Å². The first kappa shape index (κ1) is 24.2. The second kappa shape index (κ2) is 10.4. The van der Waals surface area contributed by atoms with Crippen molar-refractivity contribution in [2.24, 2.45) is 0 Å². The van der Waals surface area contributed by atoms with Gasteiger partial charge in [0, 0.05) is 37.8 Å². The topological polar surface area (TPSA) is 105 Å². The molecule has 0 saturated carbocycles. The van der Waals surface area contributed by atoms with Crippen LogP contribution in [0.1, 0.15) is 54.2 Å². The standard InChI is InChI=1S/C24H31N5O4/c1-6-25-24(32)29-13-12-28(14-16(29)4)22(30)20-19(23(31)33-15(2)3)17(5)26-21(27-20)18-10-8-7-9-11-18/h7-11,15-16H,6,12-14H2,1-5H3,(H,25,32). The summed E-state index contributed by atoms with van der Waals surface area (Å²) in [5, 5.41) is 2.80. The molecule has 176 valence electrons. The molecule has 1 aromatic heterocycles. The summed E-state index contributed by atoms with van der Waals surface area (Å²) in [6.07, 6.45) is -0.353. The first-order chi connectivity index (χ1) is 15.7. The van der Waals surface area contributed by atoms with E-state index in [9.17, 15) is 14.4 Å². The number of nitrogens with zero attached hydrogens (tertiary/aromatic N) is 4. The number of carbonyl (C=O) groups is 3. The Labute approximate surface area is 194 Å². The average molecular weight is 454 g/mol. The van der Waals surface area contributed by atoms with Gasteiger partial charge in [0.05, 0.1) is 11.8 Å². The minimum atomic E-state index is -0.625. The molecule has 3 amide bonds. The number of benzene rings is 1. The van der Waals surface area contributed by atoms with E-state index >= 15 is 0 Å². The molecule has 1 fully saturated rings. The van der Waals surface area contributed by atoms with Crippen molar-refractivity contribution in [1.82, 2.24) is 25.1 Å². The Hall–Kier alpha value is -3.49. The number of hydrogen-bond donors (Lipinski definition) is 1. The summed E-state index contributed by atoms with van der Waals surface area (Å²) in [6.45, 7) is 10.5. The molecule has 1 saturated heterocycles. The number of piperazine rings is 1. The molecule has 1 aliphatic rings. The van der Waals surface area contributed by atoms with Crippen LogP contribution < -0.4 is 5.32 Å². The summed E-state index contributed by atoms with van der Waals surface area (Å²) >= 11 is 0. The average Bonchev–Trinajstić information content (AvgIpc) is 2.78. The molecule has 0 spiro atoms. The molecule has 1 atom stereocenters. The summed E-state index contributed by atoms with van der Waals surface area (Å²) in [5.41, 5.74) is 1.22. The fraction of sp³-hybridized carbons (Fsp3) is 0.458.